The van der Waals surface area contributed by atoms with Crippen molar-refractivity contribution in [3.8, 4) is 0 Å². The highest BCUT2D eigenvalue weighted by atomic mass is 16.4. The Balaban J connectivity index is 3.57. The van der Waals surface area contributed by atoms with E-state index in [9.17, 15) is 9.90 Å². The van der Waals surface area contributed by atoms with Crippen molar-refractivity contribution in [3.05, 3.63) is 40.0 Å². The standard InChI is InChI=1S/C17H24O2/c1-10(2)14(16(18)19)15-11(3)8-13(9-12(15)4)17(5,6)7/h8-9H,1-7H3,(H,18,19). The molecule has 0 fully saturated rings. The van der Waals surface area contributed by atoms with Crippen LogP contribution in [0.15, 0.2) is 17.7 Å². The van der Waals surface area contributed by atoms with E-state index in [1.807, 2.05) is 27.7 Å². The minimum Gasteiger partial charge on any atom is -0.478 e. The number of allylic oxidation sites excluding steroid dienone is 1. The first kappa shape index (κ1) is 15.5. The summed E-state index contributed by atoms with van der Waals surface area (Å²) in [6.07, 6.45) is 0. The van der Waals surface area contributed by atoms with Gasteiger partial charge in [-0.1, -0.05) is 38.5 Å². The lowest BCUT2D eigenvalue weighted by Crippen LogP contribution is -2.13. The van der Waals surface area contributed by atoms with Crippen LogP contribution in [0, 0.1) is 13.8 Å². The highest BCUT2D eigenvalue weighted by molar-refractivity contribution is 6.17. The number of hydrogen-bond acceptors (Lipinski definition) is 1. The normalized spacial score (nSPS) is 11.3. The number of carboxylic acids is 1. The van der Waals surface area contributed by atoms with E-state index in [4.69, 9.17) is 0 Å². The molecule has 2 heteroatoms. The molecule has 0 bridgehead atoms. The molecule has 2 nitrogen and oxygen atoms in total. The molecule has 0 radical (unpaired) electrons. The minimum absolute atomic E-state index is 0.0718. The molecule has 0 aliphatic carbocycles. The smallest absolute Gasteiger partial charge is 0.336 e. The summed E-state index contributed by atoms with van der Waals surface area (Å²) in [5.41, 5.74) is 5.50. The first-order chi connectivity index (χ1) is 8.55. The first-order valence-corrected chi connectivity index (χ1v) is 6.58. The Morgan fingerprint density at radius 1 is 1.05 bits per heavy atom. The lowest BCUT2D eigenvalue weighted by atomic mass is 9.82. The maximum atomic E-state index is 11.5. The molecule has 1 rings (SSSR count). The van der Waals surface area contributed by atoms with Gasteiger partial charge in [0.15, 0.2) is 0 Å². The summed E-state index contributed by atoms with van der Waals surface area (Å²) in [5, 5.41) is 9.42. The second kappa shape index (κ2) is 5.20. The zero-order valence-electron chi connectivity index (χ0n) is 13.0. The van der Waals surface area contributed by atoms with Gasteiger partial charge in [-0.15, -0.1) is 0 Å². The number of rotatable bonds is 2. The van der Waals surface area contributed by atoms with Gasteiger partial charge in [0.2, 0.25) is 0 Å². The van der Waals surface area contributed by atoms with Crippen molar-refractivity contribution in [1.29, 1.82) is 0 Å². The van der Waals surface area contributed by atoms with Crippen LogP contribution in [0.2, 0.25) is 0 Å². The molecule has 0 spiro atoms. The second-order valence-electron chi connectivity index (χ2n) is 6.42. The average molecular weight is 260 g/mol. The fourth-order valence-corrected chi connectivity index (χ4v) is 2.36. The third-order valence-electron chi connectivity index (χ3n) is 3.36. The lowest BCUT2D eigenvalue weighted by Gasteiger charge is -2.23. The van der Waals surface area contributed by atoms with Crippen LogP contribution in [-0.4, -0.2) is 11.1 Å². The molecule has 0 unspecified atom stereocenters. The average Bonchev–Trinajstić information content (AvgIpc) is 2.20. The van der Waals surface area contributed by atoms with Crippen molar-refractivity contribution in [2.75, 3.05) is 0 Å². The van der Waals surface area contributed by atoms with Gasteiger partial charge in [-0.3, -0.25) is 0 Å². The van der Waals surface area contributed by atoms with Crippen LogP contribution in [0.1, 0.15) is 56.9 Å². The molecule has 19 heavy (non-hydrogen) atoms. The van der Waals surface area contributed by atoms with E-state index in [-0.39, 0.29) is 5.41 Å². The molecule has 0 saturated carbocycles. The summed E-state index contributed by atoms with van der Waals surface area (Å²) in [6, 6.07) is 4.21. The largest absolute Gasteiger partial charge is 0.478 e. The number of benzene rings is 1. The molecule has 0 saturated heterocycles. The molecule has 0 atom stereocenters. The summed E-state index contributed by atoms with van der Waals surface area (Å²) in [6.45, 7) is 14.2. The van der Waals surface area contributed by atoms with Crippen LogP contribution >= 0.6 is 0 Å². The summed E-state index contributed by atoms with van der Waals surface area (Å²) < 4.78 is 0. The Bertz CT molecular complexity index is 516. The predicted molar refractivity (Wildman–Crippen MR) is 80.5 cm³/mol. The SMILES string of the molecule is CC(C)=C(C(=O)O)c1c(C)cc(C(C)(C)C)cc1C. The number of carbonyl (C=O) groups is 1. The van der Waals surface area contributed by atoms with Crippen LogP contribution in [0.5, 0.6) is 0 Å². The van der Waals surface area contributed by atoms with Gasteiger partial charge in [0.25, 0.3) is 0 Å². The molecule has 1 aromatic carbocycles. The van der Waals surface area contributed by atoms with E-state index < -0.39 is 5.97 Å². The van der Waals surface area contributed by atoms with E-state index in [1.54, 1.807) is 0 Å². The molecule has 0 heterocycles. The number of aryl methyl sites for hydroxylation is 2. The zero-order chi connectivity index (χ0) is 15.0. The van der Waals surface area contributed by atoms with E-state index in [1.165, 1.54) is 5.56 Å². The molecule has 0 aliphatic rings. The molecule has 0 aromatic heterocycles. The van der Waals surface area contributed by atoms with Gasteiger partial charge in [-0.05, 0) is 55.4 Å². The van der Waals surface area contributed by atoms with E-state index >= 15 is 0 Å². The summed E-state index contributed by atoms with van der Waals surface area (Å²) in [4.78, 5) is 11.5. The Labute approximate surface area is 116 Å². The molecular weight excluding hydrogens is 236 g/mol. The topological polar surface area (TPSA) is 37.3 Å². The fraction of sp³-hybridized carbons (Fsp3) is 0.471. The fourth-order valence-electron chi connectivity index (χ4n) is 2.36. The van der Waals surface area contributed by atoms with Crippen LogP contribution in [0.25, 0.3) is 5.57 Å². The summed E-state index contributed by atoms with van der Waals surface area (Å²) >= 11 is 0. The van der Waals surface area contributed by atoms with Crippen molar-refractivity contribution in [2.45, 2.75) is 53.9 Å². The quantitative estimate of drug-likeness (QED) is 0.796. The molecule has 0 aliphatic heterocycles. The number of hydrogen-bond donors (Lipinski definition) is 1. The van der Waals surface area contributed by atoms with E-state index in [0.29, 0.717) is 5.57 Å². The Morgan fingerprint density at radius 2 is 1.47 bits per heavy atom. The first-order valence-electron chi connectivity index (χ1n) is 6.58. The Kier molecular flexibility index (Phi) is 4.24. The maximum absolute atomic E-state index is 11.5. The predicted octanol–water partition coefficient (Wildman–Crippen LogP) is 4.48. The van der Waals surface area contributed by atoms with Gasteiger partial charge in [0.1, 0.15) is 0 Å². The van der Waals surface area contributed by atoms with Crippen molar-refractivity contribution >= 4 is 11.5 Å². The summed E-state index contributed by atoms with van der Waals surface area (Å²) in [7, 11) is 0. The van der Waals surface area contributed by atoms with Gasteiger partial charge >= 0.3 is 5.97 Å². The Morgan fingerprint density at radius 3 is 1.74 bits per heavy atom. The van der Waals surface area contributed by atoms with Crippen LogP contribution < -0.4 is 0 Å². The highest BCUT2D eigenvalue weighted by Gasteiger charge is 2.21. The van der Waals surface area contributed by atoms with Crippen molar-refractivity contribution in [3.63, 3.8) is 0 Å². The zero-order valence-corrected chi connectivity index (χ0v) is 13.0. The van der Waals surface area contributed by atoms with Crippen molar-refractivity contribution < 1.29 is 9.90 Å². The minimum atomic E-state index is -0.852. The number of aliphatic carboxylic acids is 1. The monoisotopic (exact) mass is 260 g/mol. The third kappa shape index (κ3) is 3.25. The molecule has 104 valence electrons. The maximum Gasteiger partial charge on any atom is 0.336 e. The highest BCUT2D eigenvalue weighted by Crippen LogP contribution is 2.31. The van der Waals surface area contributed by atoms with Gasteiger partial charge in [0.05, 0.1) is 5.57 Å². The van der Waals surface area contributed by atoms with Gasteiger partial charge in [0, 0.05) is 0 Å². The second-order valence-corrected chi connectivity index (χ2v) is 6.42. The van der Waals surface area contributed by atoms with Crippen molar-refractivity contribution in [2.24, 2.45) is 0 Å². The Hall–Kier alpha value is -1.57. The number of carboxylic acid groups (broad SMARTS) is 1. The van der Waals surface area contributed by atoms with Gasteiger partial charge < -0.3 is 5.11 Å². The van der Waals surface area contributed by atoms with E-state index in [2.05, 4.69) is 32.9 Å². The third-order valence-corrected chi connectivity index (χ3v) is 3.36. The van der Waals surface area contributed by atoms with E-state index in [0.717, 1.165) is 22.3 Å². The molecular formula is C17H24O2. The van der Waals surface area contributed by atoms with Crippen LogP contribution in [0.3, 0.4) is 0 Å². The molecule has 0 amide bonds. The summed E-state index contributed by atoms with van der Waals surface area (Å²) in [5.74, 6) is -0.852. The van der Waals surface area contributed by atoms with Crippen LogP contribution in [0.4, 0.5) is 0 Å². The lowest BCUT2D eigenvalue weighted by molar-refractivity contribution is -0.130. The van der Waals surface area contributed by atoms with Crippen LogP contribution in [-0.2, 0) is 10.2 Å². The van der Waals surface area contributed by atoms with Gasteiger partial charge in [-0.25, -0.2) is 4.79 Å². The van der Waals surface area contributed by atoms with Gasteiger partial charge in [-0.2, -0.15) is 0 Å². The molecule has 1 N–H and O–H groups in total. The van der Waals surface area contributed by atoms with Crippen molar-refractivity contribution in [1.82, 2.24) is 0 Å². The molecule has 1 aromatic rings.